The zero-order chi connectivity index (χ0) is 18.0. The smallest absolute Gasteiger partial charge is 0.166 e. The van der Waals surface area contributed by atoms with Crippen LogP contribution < -0.4 is 9.47 Å². The molecule has 0 amide bonds. The van der Waals surface area contributed by atoms with E-state index in [0.29, 0.717) is 6.61 Å². The standard InChI is InChI=1S/C19H22N4O2S/c1-2-12-24-17-8-10-18(11-9-17)25-13-14-26-15-19-20-21-22-23(19)16-6-4-3-5-7-16/h3-11H,2,12-15H2,1H3. The van der Waals surface area contributed by atoms with Crippen molar-refractivity contribution in [3.05, 3.63) is 60.4 Å². The highest BCUT2D eigenvalue weighted by Gasteiger charge is 2.07. The lowest BCUT2D eigenvalue weighted by molar-refractivity contribution is 0.314. The van der Waals surface area contributed by atoms with Gasteiger partial charge < -0.3 is 9.47 Å². The van der Waals surface area contributed by atoms with Crippen LogP contribution in [-0.2, 0) is 5.75 Å². The molecule has 0 aliphatic rings. The van der Waals surface area contributed by atoms with Crippen LogP contribution in [0.1, 0.15) is 19.2 Å². The SMILES string of the molecule is CCCOc1ccc(OCCSCc2nnnn2-c2ccccc2)cc1. The maximum Gasteiger partial charge on any atom is 0.166 e. The van der Waals surface area contributed by atoms with Gasteiger partial charge in [0.1, 0.15) is 11.5 Å². The van der Waals surface area contributed by atoms with E-state index in [1.807, 2.05) is 54.6 Å². The number of benzene rings is 2. The summed E-state index contributed by atoms with van der Waals surface area (Å²) in [4.78, 5) is 0. The highest BCUT2D eigenvalue weighted by atomic mass is 32.2. The summed E-state index contributed by atoms with van der Waals surface area (Å²) in [6.07, 6.45) is 1.00. The van der Waals surface area contributed by atoms with Crippen molar-refractivity contribution in [2.24, 2.45) is 0 Å². The van der Waals surface area contributed by atoms with Crippen LogP contribution in [0.3, 0.4) is 0 Å². The van der Waals surface area contributed by atoms with Crippen LogP contribution in [0.2, 0.25) is 0 Å². The quantitative estimate of drug-likeness (QED) is 0.506. The van der Waals surface area contributed by atoms with E-state index in [-0.39, 0.29) is 0 Å². The second-order valence-electron chi connectivity index (χ2n) is 5.56. The Morgan fingerprint density at radius 1 is 0.923 bits per heavy atom. The van der Waals surface area contributed by atoms with Gasteiger partial charge in [0, 0.05) is 5.75 Å². The summed E-state index contributed by atoms with van der Waals surface area (Å²) in [7, 11) is 0. The molecule has 0 N–H and O–H groups in total. The normalized spacial score (nSPS) is 10.7. The van der Waals surface area contributed by atoms with Crippen molar-refractivity contribution in [1.29, 1.82) is 0 Å². The van der Waals surface area contributed by atoms with Crippen LogP contribution in [-0.4, -0.2) is 39.2 Å². The molecule has 0 saturated heterocycles. The summed E-state index contributed by atoms with van der Waals surface area (Å²) >= 11 is 1.74. The second kappa shape index (κ2) is 9.82. The highest BCUT2D eigenvalue weighted by Crippen LogP contribution is 2.18. The van der Waals surface area contributed by atoms with Crippen LogP contribution in [0.15, 0.2) is 54.6 Å². The Labute approximate surface area is 157 Å². The number of ether oxygens (including phenoxy) is 2. The number of rotatable bonds is 10. The van der Waals surface area contributed by atoms with Gasteiger partial charge in [-0.05, 0) is 53.2 Å². The molecule has 1 aromatic heterocycles. The van der Waals surface area contributed by atoms with Gasteiger partial charge in [-0.15, -0.1) is 5.10 Å². The van der Waals surface area contributed by atoms with E-state index in [0.717, 1.165) is 47.5 Å². The van der Waals surface area contributed by atoms with Crippen molar-refractivity contribution in [3.8, 4) is 17.2 Å². The van der Waals surface area contributed by atoms with Crippen LogP contribution in [0.4, 0.5) is 0 Å². The molecule has 2 aromatic carbocycles. The van der Waals surface area contributed by atoms with Crippen molar-refractivity contribution in [2.45, 2.75) is 19.1 Å². The van der Waals surface area contributed by atoms with Crippen molar-refractivity contribution in [2.75, 3.05) is 19.0 Å². The first-order valence-corrected chi connectivity index (χ1v) is 9.78. The zero-order valence-corrected chi connectivity index (χ0v) is 15.6. The highest BCUT2D eigenvalue weighted by molar-refractivity contribution is 7.98. The number of tetrazole rings is 1. The van der Waals surface area contributed by atoms with Gasteiger partial charge in [0.25, 0.3) is 0 Å². The van der Waals surface area contributed by atoms with E-state index in [1.165, 1.54) is 0 Å². The molecule has 0 atom stereocenters. The fourth-order valence-corrected chi connectivity index (χ4v) is 3.01. The Hall–Kier alpha value is -2.54. The van der Waals surface area contributed by atoms with E-state index in [1.54, 1.807) is 16.4 Å². The molecule has 0 unspecified atom stereocenters. The molecule has 6 nitrogen and oxygen atoms in total. The van der Waals surface area contributed by atoms with Gasteiger partial charge in [-0.2, -0.15) is 16.4 Å². The Kier molecular flexibility index (Phi) is 6.89. The zero-order valence-electron chi connectivity index (χ0n) is 14.7. The average molecular weight is 370 g/mol. The minimum atomic E-state index is 0.632. The number of para-hydroxylation sites is 1. The van der Waals surface area contributed by atoms with Crippen molar-refractivity contribution >= 4 is 11.8 Å². The molecule has 3 aromatic rings. The molecule has 0 fully saturated rings. The third kappa shape index (κ3) is 5.23. The molecule has 0 radical (unpaired) electrons. The largest absolute Gasteiger partial charge is 0.494 e. The molecule has 136 valence electrons. The number of nitrogens with zero attached hydrogens (tertiary/aromatic N) is 4. The van der Waals surface area contributed by atoms with Crippen molar-refractivity contribution in [1.82, 2.24) is 20.2 Å². The minimum absolute atomic E-state index is 0.632. The van der Waals surface area contributed by atoms with Gasteiger partial charge in [0.05, 0.1) is 24.7 Å². The lowest BCUT2D eigenvalue weighted by Crippen LogP contribution is -2.04. The first kappa shape index (κ1) is 18.3. The van der Waals surface area contributed by atoms with Crippen LogP contribution >= 0.6 is 11.8 Å². The molecule has 0 aliphatic carbocycles. The molecule has 0 saturated carbocycles. The number of aromatic nitrogens is 4. The first-order chi connectivity index (χ1) is 12.9. The Balaban J connectivity index is 1.41. The molecule has 1 heterocycles. The summed E-state index contributed by atoms with van der Waals surface area (Å²) in [5.74, 6) is 4.15. The van der Waals surface area contributed by atoms with E-state index in [2.05, 4.69) is 22.4 Å². The molecule has 3 rings (SSSR count). The van der Waals surface area contributed by atoms with Gasteiger partial charge in [0.15, 0.2) is 5.82 Å². The van der Waals surface area contributed by atoms with E-state index >= 15 is 0 Å². The molecule has 7 heteroatoms. The second-order valence-corrected chi connectivity index (χ2v) is 6.67. The van der Waals surface area contributed by atoms with E-state index < -0.39 is 0 Å². The van der Waals surface area contributed by atoms with Gasteiger partial charge in [-0.1, -0.05) is 25.1 Å². The first-order valence-electron chi connectivity index (χ1n) is 8.63. The summed E-state index contributed by atoms with van der Waals surface area (Å²) < 4.78 is 13.1. The third-order valence-corrected chi connectivity index (χ3v) is 4.48. The number of hydrogen-bond acceptors (Lipinski definition) is 6. The Morgan fingerprint density at radius 2 is 1.62 bits per heavy atom. The van der Waals surface area contributed by atoms with Gasteiger partial charge in [-0.25, -0.2) is 0 Å². The summed E-state index contributed by atoms with van der Waals surface area (Å²) in [6, 6.07) is 17.6. The Morgan fingerprint density at radius 3 is 2.31 bits per heavy atom. The molecule has 0 spiro atoms. The van der Waals surface area contributed by atoms with E-state index in [4.69, 9.17) is 9.47 Å². The maximum atomic E-state index is 5.76. The van der Waals surface area contributed by atoms with Gasteiger partial charge >= 0.3 is 0 Å². The summed E-state index contributed by atoms with van der Waals surface area (Å²) in [5, 5.41) is 12.0. The van der Waals surface area contributed by atoms with Crippen molar-refractivity contribution in [3.63, 3.8) is 0 Å². The van der Waals surface area contributed by atoms with Crippen LogP contribution in [0.25, 0.3) is 5.69 Å². The lowest BCUT2D eigenvalue weighted by atomic mass is 10.3. The topological polar surface area (TPSA) is 62.1 Å². The molecule has 0 aliphatic heterocycles. The number of hydrogen-bond donors (Lipinski definition) is 0. The van der Waals surface area contributed by atoms with Gasteiger partial charge in [0.2, 0.25) is 0 Å². The predicted octanol–water partition coefficient (Wildman–Crippen LogP) is 3.76. The summed E-state index contributed by atoms with van der Waals surface area (Å²) in [6.45, 7) is 3.46. The predicted molar refractivity (Wildman–Crippen MR) is 103 cm³/mol. The van der Waals surface area contributed by atoms with Crippen LogP contribution in [0, 0.1) is 0 Å². The van der Waals surface area contributed by atoms with Crippen LogP contribution in [0.5, 0.6) is 11.5 Å². The molecule has 0 bridgehead atoms. The van der Waals surface area contributed by atoms with E-state index in [9.17, 15) is 0 Å². The molecular formula is C19H22N4O2S. The fraction of sp³-hybridized carbons (Fsp3) is 0.316. The monoisotopic (exact) mass is 370 g/mol. The minimum Gasteiger partial charge on any atom is -0.494 e. The fourth-order valence-electron chi connectivity index (χ4n) is 2.30. The average Bonchev–Trinajstić information content (AvgIpc) is 3.16. The molecule has 26 heavy (non-hydrogen) atoms. The van der Waals surface area contributed by atoms with Gasteiger partial charge in [-0.3, -0.25) is 0 Å². The number of thioether (sulfide) groups is 1. The lowest BCUT2D eigenvalue weighted by Gasteiger charge is -2.08. The summed E-state index contributed by atoms with van der Waals surface area (Å²) in [5.41, 5.74) is 0.967. The Bertz CT molecular complexity index is 778. The maximum absolute atomic E-state index is 5.76. The molecular weight excluding hydrogens is 348 g/mol. The van der Waals surface area contributed by atoms with Crippen molar-refractivity contribution < 1.29 is 9.47 Å². The third-order valence-electron chi connectivity index (χ3n) is 3.56.